The van der Waals surface area contributed by atoms with Crippen LogP contribution in [0.15, 0.2) is 5.29 Å². The zero-order chi connectivity index (χ0) is 4.99. The summed E-state index contributed by atoms with van der Waals surface area (Å²) in [5.41, 5.74) is 1.87. The van der Waals surface area contributed by atoms with Crippen LogP contribution in [0.5, 0.6) is 0 Å². The van der Waals surface area contributed by atoms with E-state index in [0.717, 1.165) is 0 Å². The third-order valence-electron chi connectivity index (χ3n) is 0.141. The quantitative estimate of drug-likeness (QED) is 0.230. The number of thiol groups is 1. The largest absolute Gasteiger partial charge is 0.226 e. The number of hydrogen-bond acceptors (Lipinski definition) is 3. The number of nitrogens with one attached hydrogen (secondary N) is 1. The molecule has 0 bridgehead atoms. The molecule has 0 aliphatic heterocycles. The van der Waals surface area contributed by atoms with Crippen molar-refractivity contribution in [1.29, 1.82) is 0 Å². The Labute approximate surface area is 45.5 Å². The first-order chi connectivity index (χ1) is 2.77. The maximum atomic E-state index is 9.12. The van der Waals surface area contributed by atoms with Gasteiger partial charge in [0.25, 0.3) is 0 Å². The number of nitroso groups, excluding NO2 is 1. The number of rotatable bonds is 1. The average molecular weight is 122 g/mol. The maximum absolute atomic E-state index is 9.12. The van der Waals surface area contributed by atoms with Gasteiger partial charge in [-0.15, -0.1) is 17.5 Å². The van der Waals surface area contributed by atoms with Crippen molar-refractivity contribution in [3.8, 4) is 0 Å². The molecule has 0 aromatic carbocycles. The second-order valence-electron chi connectivity index (χ2n) is 0.508. The fraction of sp³-hybridized carbons (Fsp3) is 0. The van der Waals surface area contributed by atoms with E-state index in [2.05, 4.69) is 30.1 Å². The van der Waals surface area contributed by atoms with Crippen LogP contribution in [0.25, 0.3) is 0 Å². The summed E-state index contributed by atoms with van der Waals surface area (Å²) < 4.78 is 0.0880. The molecule has 6 heavy (non-hydrogen) atoms. The van der Waals surface area contributed by atoms with Crippen LogP contribution in [-0.2, 0) is 0 Å². The molecule has 0 aliphatic carbocycles. The number of thiocarbonyl (C=S) groups is 1. The molecule has 0 aromatic heterocycles. The van der Waals surface area contributed by atoms with Crippen molar-refractivity contribution in [1.82, 2.24) is 5.43 Å². The van der Waals surface area contributed by atoms with E-state index in [-0.39, 0.29) is 4.32 Å². The Balaban J connectivity index is 3.05. The van der Waals surface area contributed by atoms with E-state index in [9.17, 15) is 0 Å². The fourth-order valence-electron chi connectivity index (χ4n) is 0.0390. The Kier molecular flexibility index (Phi) is 2.97. The molecule has 5 heteroatoms. The first-order valence-corrected chi connectivity index (χ1v) is 1.94. The third kappa shape index (κ3) is 3.84. The van der Waals surface area contributed by atoms with Gasteiger partial charge in [-0.25, -0.2) is 5.43 Å². The molecule has 0 unspecified atom stereocenters. The number of hydrogen-bond donors (Lipinski definition) is 2. The summed E-state index contributed by atoms with van der Waals surface area (Å²) in [4.78, 5) is 9.12. The van der Waals surface area contributed by atoms with Crippen LogP contribution in [0.3, 0.4) is 0 Å². The molecule has 0 rings (SSSR count). The van der Waals surface area contributed by atoms with Crippen LogP contribution in [0.2, 0.25) is 0 Å². The molecule has 0 atom stereocenters. The van der Waals surface area contributed by atoms with Crippen molar-refractivity contribution >= 4 is 29.2 Å². The molecule has 1 N–H and O–H groups in total. The van der Waals surface area contributed by atoms with Gasteiger partial charge in [-0.2, -0.15) is 0 Å². The van der Waals surface area contributed by atoms with Crippen LogP contribution in [0.4, 0.5) is 0 Å². The lowest BCUT2D eigenvalue weighted by atomic mass is 11.5. The molecule has 0 aromatic rings. The molecule has 0 aliphatic rings. The summed E-state index contributed by atoms with van der Waals surface area (Å²) in [6.45, 7) is 0. The zero-order valence-corrected chi connectivity index (χ0v) is 4.42. The van der Waals surface area contributed by atoms with Crippen LogP contribution in [0, 0.1) is 4.91 Å². The first-order valence-electron chi connectivity index (χ1n) is 1.08. The van der Waals surface area contributed by atoms with Gasteiger partial charge in [-0.05, 0) is 0 Å². The van der Waals surface area contributed by atoms with E-state index < -0.39 is 0 Å². The monoisotopic (exact) mass is 122 g/mol. The van der Waals surface area contributed by atoms with E-state index in [1.165, 1.54) is 0 Å². The van der Waals surface area contributed by atoms with E-state index in [0.29, 0.717) is 0 Å². The minimum absolute atomic E-state index is 0.0880. The van der Waals surface area contributed by atoms with Gasteiger partial charge in [0, 0.05) is 0 Å². The molecule has 0 spiro atoms. The highest BCUT2D eigenvalue weighted by Gasteiger charge is 1.75. The molecular weight excluding hydrogens is 120 g/mol. The minimum Gasteiger partial charge on any atom is -0.226 e. The fourth-order valence-corrected chi connectivity index (χ4v) is 0.117. The SMILES string of the molecule is O=NNC(=S)S. The van der Waals surface area contributed by atoms with Gasteiger partial charge >= 0.3 is 0 Å². The molecule has 3 nitrogen and oxygen atoms in total. The predicted molar refractivity (Wildman–Crippen MR) is 30.5 cm³/mol. The van der Waals surface area contributed by atoms with Crippen LogP contribution < -0.4 is 5.43 Å². The van der Waals surface area contributed by atoms with E-state index in [1.54, 1.807) is 0 Å². The summed E-state index contributed by atoms with van der Waals surface area (Å²) in [5, 5.41) is 2.22. The molecule has 0 radical (unpaired) electrons. The van der Waals surface area contributed by atoms with Crippen molar-refractivity contribution in [2.24, 2.45) is 5.29 Å². The minimum atomic E-state index is 0.0880. The Morgan fingerprint density at radius 3 is 2.50 bits per heavy atom. The standard InChI is InChI=1S/CH2N2OS2/c4-3-2-1(5)6/h(H2,2,4,5,6). The molecule has 0 fully saturated rings. The van der Waals surface area contributed by atoms with E-state index in [1.807, 2.05) is 5.43 Å². The van der Waals surface area contributed by atoms with Crippen molar-refractivity contribution in [3.05, 3.63) is 4.91 Å². The molecule has 0 amide bonds. The lowest BCUT2D eigenvalue weighted by Crippen LogP contribution is -2.04. The summed E-state index contributed by atoms with van der Waals surface area (Å²) in [6, 6.07) is 0. The van der Waals surface area contributed by atoms with Gasteiger partial charge in [0.05, 0.1) is 5.29 Å². The van der Waals surface area contributed by atoms with Crippen LogP contribution in [0.1, 0.15) is 0 Å². The van der Waals surface area contributed by atoms with Gasteiger partial charge in [-0.3, -0.25) is 0 Å². The van der Waals surface area contributed by atoms with Gasteiger partial charge in [0.2, 0.25) is 0 Å². The van der Waals surface area contributed by atoms with Crippen molar-refractivity contribution < 1.29 is 0 Å². The maximum Gasteiger partial charge on any atom is 0.153 e. The smallest absolute Gasteiger partial charge is 0.153 e. The van der Waals surface area contributed by atoms with Crippen LogP contribution >= 0.6 is 24.8 Å². The Morgan fingerprint density at radius 1 is 2.00 bits per heavy atom. The van der Waals surface area contributed by atoms with Crippen LogP contribution in [-0.4, -0.2) is 4.32 Å². The van der Waals surface area contributed by atoms with Gasteiger partial charge < -0.3 is 0 Å². The predicted octanol–water partition coefficient (Wildman–Crippen LogP) is 0.472. The normalized spacial score (nSPS) is 6.83. The second-order valence-corrected chi connectivity index (χ2v) is 1.67. The van der Waals surface area contributed by atoms with Crippen molar-refractivity contribution in [3.63, 3.8) is 0 Å². The topological polar surface area (TPSA) is 41.5 Å². The van der Waals surface area contributed by atoms with Gasteiger partial charge in [0.1, 0.15) is 0 Å². The molecule has 34 valence electrons. The summed E-state index contributed by atoms with van der Waals surface area (Å²) in [7, 11) is 0. The lowest BCUT2D eigenvalue weighted by Gasteiger charge is -1.80. The van der Waals surface area contributed by atoms with Gasteiger partial charge in [0.15, 0.2) is 4.32 Å². The highest BCUT2D eigenvalue weighted by Crippen LogP contribution is 1.73. The Bertz CT molecular complexity index is 71.9. The molecule has 0 saturated carbocycles. The Morgan fingerprint density at radius 2 is 2.50 bits per heavy atom. The zero-order valence-electron chi connectivity index (χ0n) is 2.71. The molecular formula is CH2N2OS2. The summed E-state index contributed by atoms with van der Waals surface area (Å²) >= 11 is 7.76. The third-order valence-corrected chi connectivity index (χ3v) is 0.333. The van der Waals surface area contributed by atoms with Crippen molar-refractivity contribution in [2.75, 3.05) is 0 Å². The average Bonchev–Trinajstić information content (AvgIpc) is 1.35. The molecule has 0 heterocycles. The Hall–Kier alpha value is -0.160. The highest BCUT2D eigenvalue weighted by atomic mass is 32.1. The second kappa shape index (κ2) is 3.05. The molecule has 0 saturated heterocycles. The van der Waals surface area contributed by atoms with Crippen molar-refractivity contribution in [2.45, 2.75) is 0 Å². The summed E-state index contributed by atoms with van der Waals surface area (Å²) in [6.07, 6.45) is 0. The summed E-state index contributed by atoms with van der Waals surface area (Å²) in [5.74, 6) is 0. The van der Waals surface area contributed by atoms with Gasteiger partial charge in [-0.1, -0.05) is 12.2 Å². The van der Waals surface area contributed by atoms with E-state index in [4.69, 9.17) is 4.91 Å². The first kappa shape index (κ1) is 5.84. The highest BCUT2D eigenvalue weighted by molar-refractivity contribution is 8.11. The lowest BCUT2D eigenvalue weighted by molar-refractivity contribution is 1.05. The van der Waals surface area contributed by atoms with E-state index >= 15 is 0 Å². The number of nitrogens with zero attached hydrogens (tertiary/aromatic N) is 1.